The number of hydrogen-bond acceptors (Lipinski definition) is 4. The van der Waals surface area contributed by atoms with Crippen molar-refractivity contribution >= 4 is 0 Å². The number of benzene rings is 1. The first kappa shape index (κ1) is 13.1. The summed E-state index contributed by atoms with van der Waals surface area (Å²) in [5.74, 6) is 0. The van der Waals surface area contributed by atoms with Crippen molar-refractivity contribution in [2.24, 2.45) is 0 Å². The van der Waals surface area contributed by atoms with Crippen molar-refractivity contribution in [3.8, 4) is 0 Å². The standard InChI is InChI=1S/C15H20O4/c1-10-14-12(8-13(16-2)15(18-10)19-14)17-9-11-6-4-3-5-7-11/h3-7,10,12-15H,8-9H2,1-2H3/t10-,12+,13-,14+,15+/m1/s1. The minimum atomic E-state index is -0.235. The molecule has 0 saturated carbocycles. The smallest absolute Gasteiger partial charge is 0.184 e. The summed E-state index contributed by atoms with van der Waals surface area (Å²) in [4.78, 5) is 0. The second-order valence-electron chi connectivity index (χ2n) is 5.16. The zero-order chi connectivity index (χ0) is 13.2. The summed E-state index contributed by atoms with van der Waals surface area (Å²) in [5.41, 5.74) is 1.17. The first-order valence-electron chi connectivity index (χ1n) is 6.77. The van der Waals surface area contributed by atoms with E-state index in [1.165, 1.54) is 5.56 Å². The van der Waals surface area contributed by atoms with Gasteiger partial charge >= 0.3 is 0 Å². The molecule has 2 aliphatic rings. The van der Waals surface area contributed by atoms with Crippen molar-refractivity contribution in [3.63, 3.8) is 0 Å². The van der Waals surface area contributed by atoms with Gasteiger partial charge in [-0.1, -0.05) is 30.3 Å². The van der Waals surface area contributed by atoms with Gasteiger partial charge in [-0.25, -0.2) is 0 Å². The lowest BCUT2D eigenvalue weighted by Crippen LogP contribution is -2.45. The van der Waals surface area contributed by atoms with Crippen LogP contribution in [0.25, 0.3) is 0 Å². The molecule has 2 saturated heterocycles. The normalized spacial score (nSPS) is 37.5. The SMILES string of the molecule is CO[C@@H]1C[C@H](OCc2ccccc2)[C@H]2O[C@@H]1O[C@@H]2C. The summed E-state index contributed by atoms with van der Waals surface area (Å²) in [7, 11) is 1.69. The lowest BCUT2D eigenvalue weighted by Gasteiger charge is -2.33. The monoisotopic (exact) mass is 264 g/mol. The minimum Gasteiger partial charge on any atom is -0.376 e. The maximum absolute atomic E-state index is 6.02. The molecular formula is C15H20O4. The van der Waals surface area contributed by atoms with Crippen LogP contribution in [0, 0.1) is 0 Å². The van der Waals surface area contributed by atoms with Gasteiger partial charge in [0.1, 0.15) is 12.2 Å². The Bertz CT molecular complexity index is 408. The number of hydrogen-bond donors (Lipinski definition) is 0. The number of methoxy groups -OCH3 is 1. The fourth-order valence-corrected chi connectivity index (χ4v) is 2.77. The van der Waals surface area contributed by atoms with E-state index in [0.29, 0.717) is 6.61 Å². The molecule has 4 nitrogen and oxygen atoms in total. The van der Waals surface area contributed by atoms with Crippen molar-refractivity contribution in [2.45, 2.75) is 50.7 Å². The van der Waals surface area contributed by atoms with Gasteiger partial charge < -0.3 is 18.9 Å². The summed E-state index contributed by atoms with van der Waals surface area (Å²) in [6.45, 7) is 2.63. The molecule has 0 radical (unpaired) electrons. The third kappa shape index (κ3) is 2.67. The quantitative estimate of drug-likeness (QED) is 0.834. The molecule has 2 heterocycles. The van der Waals surface area contributed by atoms with E-state index in [-0.39, 0.29) is 30.7 Å². The predicted molar refractivity (Wildman–Crippen MR) is 69.6 cm³/mol. The Morgan fingerprint density at radius 3 is 2.68 bits per heavy atom. The summed E-state index contributed by atoms with van der Waals surface area (Å²) in [6, 6.07) is 10.2. The van der Waals surface area contributed by atoms with Crippen LogP contribution in [-0.4, -0.2) is 37.8 Å². The van der Waals surface area contributed by atoms with Crippen LogP contribution in [0.2, 0.25) is 0 Å². The van der Waals surface area contributed by atoms with E-state index in [9.17, 15) is 0 Å². The van der Waals surface area contributed by atoms with Gasteiger partial charge in [-0.15, -0.1) is 0 Å². The van der Waals surface area contributed by atoms with Crippen molar-refractivity contribution in [3.05, 3.63) is 35.9 Å². The zero-order valence-corrected chi connectivity index (χ0v) is 11.3. The van der Waals surface area contributed by atoms with Crippen LogP contribution in [0.1, 0.15) is 18.9 Å². The van der Waals surface area contributed by atoms with E-state index in [1.807, 2.05) is 25.1 Å². The number of rotatable bonds is 4. The van der Waals surface area contributed by atoms with Gasteiger partial charge in [-0.05, 0) is 12.5 Å². The van der Waals surface area contributed by atoms with Crippen LogP contribution in [0.5, 0.6) is 0 Å². The largest absolute Gasteiger partial charge is 0.376 e. The molecule has 0 unspecified atom stereocenters. The van der Waals surface area contributed by atoms with Gasteiger partial charge in [0.05, 0.1) is 18.8 Å². The highest BCUT2D eigenvalue weighted by molar-refractivity contribution is 5.13. The first-order valence-corrected chi connectivity index (χ1v) is 6.77. The molecule has 3 rings (SSSR count). The van der Waals surface area contributed by atoms with Crippen molar-refractivity contribution in [2.75, 3.05) is 7.11 Å². The molecule has 0 spiro atoms. The van der Waals surface area contributed by atoms with Crippen molar-refractivity contribution < 1.29 is 18.9 Å². The maximum atomic E-state index is 6.02. The third-order valence-corrected chi connectivity index (χ3v) is 3.85. The van der Waals surface area contributed by atoms with E-state index in [0.717, 1.165) is 6.42 Å². The molecular weight excluding hydrogens is 244 g/mol. The summed E-state index contributed by atoms with van der Waals surface area (Å²) in [6.07, 6.45) is 0.650. The Balaban J connectivity index is 1.63. The molecule has 19 heavy (non-hydrogen) atoms. The third-order valence-electron chi connectivity index (χ3n) is 3.85. The van der Waals surface area contributed by atoms with Crippen LogP contribution in [0.15, 0.2) is 30.3 Å². The predicted octanol–water partition coefficient (Wildman–Crippen LogP) is 2.12. The Kier molecular flexibility index (Phi) is 3.84. The van der Waals surface area contributed by atoms with Crippen molar-refractivity contribution in [1.82, 2.24) is 0 Å². The molecule has 2 fully saturated rings. The minimum absolute atomic E-state index is 0.0140. The fraction of sp³-hybridized carbons (Fsp3) is 0.600. The highest BCUT2D eigenvalue weighted by Gasteiger charge is 2.48. The highest BCUT2D eigenvalue weighted by atomic mass is 16.8. The summed E-state index contributed by atoms with van der Waals surface area (Å²) in [5, 5.41) is 0. The molecule has 0 aliphatic carbocycles. The van der Waals surface area contributed by atoms with E-state index >= 15 is 0 Å². The molecule has 2 aliphatic heterocycles. The Morgan fingerprint density at radius 1 is 1.16 bits per heavy atom. The molecule has 2 bridgehead atoms. The van der Waals surface area contributed by atoms with Gasteiger partial charge in [0.15, 0.2) is 6.29 Å². The lowest BCUT2D eigenvalue weighted by molar-refractivity contribution is -0.201. The molecule has 0 aromatic heterocycles. The number of ether oxygens (including phenoxy) is 4. The second kappa shape index (κ2) is 5.59. The second-order valence-corrected chi connectivity index (χ2v) is 5.16. The molecule has 0 N–H and O–H groups in total. The van der Waals surface area contributed by atoms with E-state index in [4.69, 9.17) is 18.9 Å². The van der Waals surface area contributed by atoms with Crippen LogP contribution in [-0.2, 0) is 25.6 Å². The molecule has 1 aromatic carbocycles. The molecule has 0 amide bonds. The highest BCUT2D eigenvalue weighted by Crippen LogP contribution is 2.35. The van der Waals surface area contributed by atoms with Crippen LogP contribution < -0.4 is 0 Å². The Morgan fingerprint density at radius 2 is 1.95 bits per heavy atom. The average Bonchev–Trinajstić information content (AvgIpc) is 2.77. The Labute approximate surface area is 113 Å². The average molecular weight is 264 g/mol. The zero-order valence-electron chi connectivity index (χ0n) is 11.3. The van der Waals surface area contributed by atoms with Gasteiger partial charge in [0.2, 0.25) is 0 Å². The topological polar surface area (TPSA) is 36.9 Å². The first-order chi connectivity index (χ1) is 9.28. The fourth-order valence-electron chi connectivity index (χ4n) is 2.77. The number of fused-ring (bicyclic) bond motifs is 2. The van der Waals surface area contributed by atoms with E-state index in [1.54, 1.807) is 7.11 Å². The van der Waals surface area contributed by atoms with Crippen LogP contribution in [0.4, 0.5) is 0 Å². The van der Waals surface area contributed by atoms with Gasteiger partial charge in [0.25, 0.3) is 0 Å². The molecule has 4 heteroatoms. The summed E-state index contributed by atoms with van der Waals surface area (Å²) < 4.78 is 23.0. The van der Waals surface area contributed by atoms with E-state index in [2.05, 4.69) is 12.1 Å². The molecule has 5 atom stereocenters. The summed E-state index contributed by atoms with van der Waals surface area (Å²) >= 11 is 0. The lowest BCUT2D eigenvalue weighted by atomic mass is 10.0. The molecule has 104 valence electrons. The van der Waals surface area contributed by atoms with Crippen LogP contribution >= 0.6 is 0 Å². The van der Waals surface area contributed by atoms with Gasteiger partial charge in [0, 0.05) is 13.5 Å². The van der Waals surface area contributed by atoms with Crippen LogP contribution in [0.3, 0.4) is 0 Å². The maximum Gasteiger partial charge on any atom is 0.184 e. The molecule has 1 aromatic rings. The van der Waals surface area contributed by atoms with Gasteiger partial charge in [-0.2, -0.15) is 0 Å². The van der Waals surface area contributed by atoms with E-state index < -0.39 is 0 Å². The van der Waals surface area contributed by atoms with Crippen molar-refractivity contribution in [1.29, 1.82) is 0 Å². The van der Waals surface area contributed by atoms with Gasteiger partial charge in [-0.3, -0.25) is 0 Å². The Hall–Kier alpha value is -0.940.